The van der Waals surface area contributed by atoms with E-state index in [9.17, 15) is 19.2 Å². The molecule has 368 valence electrons. The van der Waals surface area contributed by atoms with Crippen LogP contribution in [0.2, 0.25) is 0 Å². The lowest BCUT2D eigenvalue weighted by Crippen LogP contribution is -2.27. The monoisotopic (exact) mass is 937 g/mol. The van der Waals surface area contributed by atoms with Crippen LogP contribution >= 0.6 is 0 Å². The fourth-order valence-electron chi connectivity index (χ4n) is 7.99. The van der Waals surface area contributed by atoms with Crippen molar-refractivity contribution in [1.82, 2.24) is 0 Å². The van der Waals surface area contributed by atoms with Gasteiger partial charge in [0.05, 0.1) is 26.4 Å². The van der Waals surface area contributed by atoms with Crippen molar-refractivity contribution in [3.63, 3.8) is 0 Å². The molecule has 0 saturated carbocycles. The molecule has 14 nitrogen and oxygen atoms in total. The Hall–Kier alpha value is -6.44. The van der Waals surface area contributed by atoms with Crippen molar-refractivity contribution in [2.24, 2.45) is 0 Å². The summed E-state index contributed by atoms with van der Waals surface area (Å²) in [4.78, 5) is 52.5. The van der Waals surface area contributed by atoms with E-state index in [1.165, 1.54) is 13.8 Å². The largest absolute Gasteiger partial charge is 0.493 e. The molecule has 0 aromatic heterocycles. The normalized spacial score (nSPS) is 12.3. The highest BCUT2D eigenvalue weighted by molar-refractivity contribution is 5.90. The number of ether oxygens (including phenoxy) is 6. The first kappa shape index (κ1) is 52.5. The number of hydrogen-bond acceptors (Lipinski definition) is 10. The Balaban J connectivity index is 1.96. The standard InChI is InChI=1S/C54H72N4O10/c1-13-17-63-47-35-21-36-26-44(56-34(6)60)28-38(48(36)64-18-14-2)23-40-30-46(58-52(62)68-54(10,11)12)32-42(50(40)66-20-16-4)24-41-31-45(57-51(61)67-53(7,8)9)29-39(49(41)65-19-15-3)22-37(47)27-43(25-35)55-33(5)59/h25-32H,13-24H2,1-12H3,(H,55,59)(H,56,60)(H,57,61)(H,58,62). The first-order valence-electron chi connectivity index (χ1n) is 23.9. The molecule has 4 amide bonds. The Bertz CT molecular complexity index is 2280. The molecule has 8 bridgehead atoms. The molecule has 0 heterocycles. The van der Waals surface area contributed by atoms with Gasteiger partial charge in [-0.3, -0.25) is 20.2 Å². The average Bonchev–Trinajstić information content (AvgIpc) is 3.20. The van der Waals surface area contributed by atoms with Crippen LogP contribution in [-0.4, -0.2) is 61.6 Å². The fourth-order valence-corrected chi connectivity index (χ4v) is 7.99. The molecular weight excluding hydrogens is 865 g/mol. The number of hydrogen-bond donors (Lipinski definition) is 4. The Morgan fingerprint density at radius 2 is 0.603 bits per heavy atom. The van der Waals surface area contributed by atoms with Crippen LogP contribution in [0.4, 0.5) is 32.3 Å². The van der Waals surface area contributed by atoms with Crippen molar-refractivity contribution in [1.29, 1.82) is 0 Å². The highest BCUT2D eigenvalue weighted by Crippen LogP contribution is 2.43. The van der Waals surface area contributed by atoms with Crippen LogP contribution in [0.3, 0.4) is 0 Å². The van der Waals surface area contributed by atoms with E-state index in [1.54, 1.807) is 41.5 Å². The van der Waals surface area contributed by atoms with Crippen molar-refractivity contribution in [2.75, 3.05) is 47.7 Å². The molecule has 1 aliphatic rings. The van der Waals surface area contributed by atoms with Crippen LogP contribution < -0.4 is 40.2 Å². The number of benzene rings is 4. The summed E-state index contributed by atoms with van der Waals surface area (Å²) in [7, 11) is 0. The minimum atomic E-state index is -0.761. The minimum absolute atomic E-state index is 0.235. The highest BCUT2D eigenvalue weighted by atomic mass is 16.6. The van der Waals surface area contributed by atoms with Gasteiger partial charge in [0.25, 0.3) is 0 Å². The maximum atomic E-state index is 13.5. The molecule has 0 aliphatic heterocycles. The average molecular weight is 937 g/mol. The van der Waals surface area contributed by atoms with Crippen molar-refractivity contribution < 1.29 is 47.6 Å². The Labute approximate surface area is 402 Å². The molecule has 1 aliphatic carbocycles. The van der Waals surface area contributed by atoms with Gasteiger partial charge in [-0.1, -0.05) is 27.7 Å². The van der Waals surface area contributed by atoms with Crippen LogP contribution in [0.15, 0.2) is 48.5 Å². The van der Waals surface area contributed by atoms with Gasteiger partial charge in [-0.2, -0.15) is 0 Å². The van der Waals surface area contributed by atoms with Crippen molar-refractivity contribution in [2.45, 2.75) is 146 Å². The molecular formula is C54H72N4O10. The molecule has 0 radical (unpaired) electrons. The molecule has 68 heavy (non-hydrogen) atoms. The van der Waals surface area contributed by atoms with Crippen LogP contribution in [-0.2, 0) is 44.7 Å². The summed E-state index contributed by atoms with van der Waals surface area (Å²) in [5, 5.41) is 12.0. The predicted molar refractivity (Wildman–Crippen MR) is 268 cm³/mol. The van der Waals surface area contributed by atoms with Gasteiger partial charge in [-0.15, -0.1) is 0 Å². The molecule has 0 atom stereocenters. The minimum Gasteiger partial charge on any atom is -0.493 e. The first-order valence-corrected chi connectivity index (χ1v) is 23.9. The van der Waals surface area contributed by atoms with Crippen molar-refractivity contribution >= 4 is 46.8 Å². The quantitative estimate of drug-likeness (QED) is 0.0746. The summed E-state index contributed by atoms with van der Waals surface area (Å²) >= 11 is 0. The lowest BCUT2D eigenvalue weighted by atomic mass is 9.90. The van der Waals surface area contributed by atoms with Gasteiger partial charge >= 0.3 is 12.2 Å². The van der Waals surface area contributed by atoms with Gasteiger partial charge in [-0.05, 0) is 116 Å². The predicted octanol–water partition coefficient (Wildman–Crippen LogP) is 12.1. The summed E-state index contributed by atoms with van der Waals surface area (Å²) in [6.07, 6.45) is 2.69. The summed E-state index contributed by atoms with van der Waals surface area (Å²) < 4.78 is 38.3. The van der Waals surface area contributed by atoms with E-state index in [1.807, 2.05) is 76.2 Å². The van der Waals surface area contributed by atoms with E-state index in [2.05, 4.69) is 21.3 Å². The summed E-state index contributed by atoms with van der Waals surface area (Å²) in [6, 6.07) is 15.2. The Morgan fingerprint density at radius 3 is 0.779 bits per heavy atom. The molecule has 4 aromatic rings. The number of carbonyl (C=O) groups is 4. The molecule has 0 unspecified atom stereocenters. The number of nitrogens with one attached hydrogen (secondary N) is 4. The third-order valence-corrected chi connectivity index (χ3v) is 10.2. The van der Waals surface area contributed by atoms with E-state index in [4.69, 9.17) is 28.4 Å². The topological polar surface area (TPSA) is 172 Å². The van der Waals surface area contributed by atoms with E-state index in [0.29, 0.717) is 72.2 Å². The van der Waals surface area contributed by atoms with Gasteiger partial charge in [0.2, 0.25) is 11.8 Å². The zero-order chi connectivity index (χ0) is 49.8. The fraction of sp³-hybridized carbons (Fsp3) is 0.481. The number of carbonyl (C=O) groups excluding carboxylic acids is 4. The van der Waals surface area contributed by atoms with E-state index in [-0.39, 0.29) is 37.5 Å². The van der Waals surface area contributed by atoms with Gasteiger partial charge in [-0.25, -0.2) is 9.59 Å². The third-order valence-electron chi connectivity index (χ3n) is 10.2. The Morgan fingerprint density at radius 1 is 0.397 bits per heavy atom. The van der Waals surface area contributed by atoms with Gasteiger partial charge < -0.3 is 39.1 Å². The van der Waals surface area contributed by atoms with Crippen LogP contribution in [0.5, 0.6) is 23.0 Å². The molecule has 4 aromatic carbocycles. The maximum Gasteiger partial charge on any atom is 0.412 e. The first-order chi connectivity index (χ1) is 32.2. The summed E-state index contributed by atoms with van der Waals surface area (Å²) in [5.41, 5.74) is 6.57. The highest BCUT2D eigenvalue weighted by Gasteiger charge is 2.27. The van der Waals surface area contributed by atoms with Crippen LogP contribution in [0.1, 0.15) is 153 Å². The molecule has 0 fully saturated rings. The van der Waals surface area contributed by atoms with Gasteiger partial charge in [0.1, 0.15) is 34.2 Å². The SMILES string of the molecule is CCCOc1c2cc(NC(C)=O)cc1Cc1cc(NC(=O)OC(C)(C)C)cc(c1OCCC)Cc1cc(NC(=O)OC(C)(C)C)cc(c1OCCC)Cc1cc(NC(C)=O)cc(c1OCCC)C2. The number of fused-ring (bicyclic) bond motifs is 8. The van der Waals surface area contributed by atoms with Crippen molar-refractivity contribution in [3.05, 3.63) is 93.0 Å². The number of amides is 4. The smallest absolute Gasteiger partial charge is 0.412 e. The molecule has 0 saturated heterocycles. The zero-order valence-corrected chi connectivity index (χ0v) is 42.2. The second-order valence-corrected chi connectivity index (χ2v) is 19.2. The molecule has 4 N–H and O–H groups in total. The van der Waals surface area contributed by atoms with Crippen LogP contribution in [0.25, 0.3) is 0 Å². The van der Waals surface area contributed by atoms with E-state index in [0.717, 1.165) is 70.2 Å². The molecule has 0 spiro atoms. The molecule has 14 heteroatoms. The van der Waals surface area contributed by atoms with Gasteiger partial charge in [0.15, 0.2) is 0 Å². The second kappa shape index (κ2) is 23.5. The summed E-state index contributed by atoms with van der Waals surface area (Å²) in [5.74, 6) is 1.99. The Kier molecular flexibility index (Phi) is 18.2. The third kappa shape index (κ3) is 15.3. The second-order valence-electron chi connectivity index (χ2n) is 19.2. The van der Waals surface area contributed by atoms with E-state index < -0.39 is 23.4 Å². The molecule has 5 rings (SSSR count). The van der Waals surface area contributed by atoms with Crippen molar-refractivity contribution in [3.8, 4) is 23.0 Å². The van der Waals surface area contributed by atoms with Gasteiger partial charge in [0, 0.05) is 107 Å². The zero-order valence-electron chi connectivity index (χ0n) is 42.2. The van der Waals surface area contributed by atoms with E-state index >= 15 is 0 Å². The number of anilines is 4. The maximum absolute atomic E-state index is 13.5. The lowest BCUT2D eigenvalue weighted by Gasteiger charge is -2.25. The summed E-state index contributed by atoms with van der Waals surface area (Å²) in [6.45, 7) is 23.5. The van der Waals surface area contributed by atoms with Crippen LogP contribution in [0, 0.1) is 0 Å². The number of rotatable bonds is 16. The lowest BCUT2D eigenvalue weighted by molar-refractivity contribution is -0.115.